The largest absolute Gasteiger partial charge is 0.480 e. The van der Waals surface area contributed by atoms with Crippen LogP contribution in [0.4, 0.5) is 24.5 Å². The summed E-state index contributed by atoms with van der Waals surface area (Å²) >= 11 is 0. The molecule has 1 fully saturated rings. The van der Waals surface area contributed by atoms with Crippen molar-refractivity contribution in [2.45, 2.75) is 25.6 Å². The lowest BCUT2D eigenvalue weighted by Gasteiger charge is -2.33. The first-order valence-corrected chi connectivity index (χ1v) is 9.14. The highest BCUT2D eigenvalue weighted by Gasteiger charge is 2.36. The molecule has 1 aliphatic heterocycles. The number of carbonyl (C=O) groups excluding carboxylic acids is 1. The maximum Gasteiger partial charge on any atom is 0.418 e. The Balaban J connectivity index is 1.84. The molecule has 1 atom stereocenters. The van der Waals surface area contributed by atoms with E-state index in [0.717, 1.165) is 11.9 Å². The summed E-state index contributed by atoms with van der Waals surface area (Å²) in [4.78, 5) is 41.4. The van der Waals surface area contributed by atoms with Crippen molar-refractivity contribution in [3.63, 3.8) is 0 Å². The fourth-order valence-electron chi connectivity index (χ4n) is 3.38. The molecule has 0 bridgehead atoms. The number of aliphatic carboxylic acids is 1. The van der Waals surface area contributed by atoms with Crippen LogP contribution in [0.5, 0.6) is 0 Å². The van der Waals surface area contributed by atoms with Gasteiger partial charge in [-0.1, -0.05) is 0 Å². The van der Waals surface area contributed by atoms with Crippen LogP contribution < -0.4 is 15.8 Å². The average Bonchev–Trinajstić information content (AvgIpc) is 2.70. The highest BCUT2D eigenvalue weighted by Crippen LogP contribution is 2.34. The number of piperidine rings is 1. The fraction of sp³-hybridized carbons (Fsp3) is 0.368. The molecule has 1 aliphatic rings. The lowest BCUT2D eigenvalue weighted by Crippen LogP contribution is -2.41. The second-order valence-corrected chi connectivity index (χ2v) is 6.94. The number of hydrogen-bond acceptors (Lipinski definition) is 5. The zero-order valence-corrected chi connectivity index (χ0v) is 15.7. The third-order valence-corrected chi connectivity index (χ3v) is 4.80. The molecule has 3 rings (SSSR count). The van der Waals surface area contributed by atoms with Crippen LogP contribution in [0.2, 0.25) is 0 Å². The summed E-state index contributed by atoms with van der Waals surface area (Å²) in [6, 6.07) is 3.87. The molecule has 0 saturated carbocycles. The Bertz CT molecular complexity index is 992. The first-order chi connectivity index (χ1) is 14.1. The van der Waals surface area contributed by atoms with Crippen LogP contribution in [-0.2, 0) is 22.3 Å². The molecule has 0 radical (unpaired) electrons. The van der Waals surface area contributed by atoms with Gasteiger partial charge in [-0.2, -0.15) is 13.2 Å². The molecule has 1 amide bonds. The highest BCUT2D eigenvalue weighted by molar-refractivity contribution is 5.93. The lowest BCUT2D eigenvalue weighted by atomic mass is 9.96. The number of aromatic nitrogens is 2. The monoisotopic (exact) mass is 424 g/mol. The van der Waals surface area contributed by atoms with Crippen molar-refractivity contribution < 1.29 is 27.9 Å². The van der Waals surface area contributed by atoms with Crippen molar-refractivity contribution in [1.82, 2.24) is 9.55 Å². The zero-order valence-electron chi connectivity index (χ0n) is 15.7. The summed E-state index contributed by atoms with van der Waals surface area (Å²) in [6.07, 6.45) is 0.236. The van der Waals surface area contributed by atoms with Gasteiger partial charge in [0, 0.05) is 31.5 Å². The number of carboxylic acids is 1. The Kier molecular flexibility index (Phi) is 6.09. The number of nitrogens with one attached hydrogen (secondary N) is 1. The third-order valence-electron chi connectivity index (χ3n) is 4.80. The predicted octanol–water partition coefficient (Wildman–Crippen LogP) is 2.20. The molecule has 0 unspecified atom stereocenters. The quantitative estimate of drug-likeness (QED) is 0.763. The second kappa shape index (κ2) is 8.56. The molecule has 2 aromatic heterocycles. The second-order valence-electron chi connectivity index (χ2n) is 6.94. The van der Waals surface area contributed by atoms with E-state index < -0.39 is 47.3 Å². The van der Waals surface area contributed by atoms with Crippen LogP contribution in [-0.4, -0.2) is 39.6 Å². The van der Waals surface area contributed by atoms with E-state index in [9.17, 15) is 27.6 Å². The first kappa shape index (κ1) is 21.3. The molecular formula is C19H19F3N4O4. The predicted molar refractivity (Wildman–Crippen MR) is 101 cm³/mol. The van der Waals surface area contributed by atoms with E-state index in [1.54, 1.807) is 18.5 Å². The number of carboxylic acid groups (broad SMARTS) is 1. The summed E-state index contributed by atoms with van der Waals surface area (Å²) in [7, 11) is 0. The van der Waals surface area contributed by atoms with Crippen molar-refractivity contribution in [1.29, 1.82) is 0 Å². The van der Waals surface area contributed by atoms with E-state index in [1.165, 1.54) is 0 Å². The molecule has 0 aliphatic carbocycles. The summed E-state index contributed by atoms with van der Waals surface area (Å²) in [6.45, 7) is 0.165. The Morgan fingerprint density at radius 1 is 1.33 bits per heavy atom. The van der Waals surface area contributed by atoms with Crippen LogP contribution in [0.1, 0.15) is 18.4 Å². The van der Waals surface area contributed by atoms with Crippen molar-refractivity contribution in [2.75, 3.05) is 23.3 Å². The van der Waals surface area contributed by atoms with Crippen LogP contribution >= 0.6 is 0 Å². The number of rotatable bonds is 5. The van der Waals surface area contributed by atoms with Crippen LogP contribution in [0, 0.1) is 5.92 Å². The maximum absolute atomic E-state index is 13.4. The highest BCUT2D eigenvalue weighted by atomic mass is 19.4. The first-order valence-electron chi connectivity index (χ1n) is 9.14. The van der Waals surface area contributed by atoms with Gasteiger partial charge in [0.25, 0.3) is 5.56 Å². The van der Waals surface area contributed by atoms with Gasteiger partial charge >= 0.3 is 12.1 Å². The Labute approximate surface area is 169 Å². The molecule has 30 heavy (non-hydrogen) atoms. The summed E-state index contributed by atoms with van der Waals surface area (Å²) in [5, 5.41) is 11.1. The molecule has 160 valence electrons. The van der Waals surface area contributed by atoms with Crippen molar-refractivity contribution in [3.8, 4) is 0 Å². The minimum absolute atomic E-state index is 0.293. The van der Waals surface area contributed by atoms with Gasteiger partial charge in [-0.05, 0) is 25.0 Å². The van der Waals surface area contributed by atoms with Gasteiger partial charge < -0.3 is 19.9 Å². The Hall–Kier alpha value is -3.37. The SMILES string of the molecule is O=C(O)Cn1cc(NC(=O)[C@H]2CCCN(c3cccnc3)C2)c(C(F)(F)F)cc1=O. The van der Waals surface area contributed by atoms with Crippen molar-refractivity contribution in [3.05, 3.63) is 52.7 Å². The molecule has 8 nitrogen and oxygen atoms in total. The Morgan fingerprint density at radius 2 is 2.10 bits per heavy atom. The summed E-state index contributed by atoms with van der Waals surface area (Å²) in [5.41, 5.74) is -2.28. The molecular weight excluding hydrogens is 405 g/mol. The van der Waals surface area contributed by atoms with E-state index in [4.69, 9.17) is 5.11 Å². The minimum Gasteiger partial charge on any atom is -0.480 e. The third kappa shape index (κ3) is 4.97. The number of hydrogen-bond donors (Lipinski definition) is 2. The lowest BCUT2D eigenvalue weighted by molar-refractivity contribution is -0.137. The normalized spacial score (nSPS) is 16.9. The van der Waals surface area contributed by atoms with Crippen molar-refractivity contribution in [2.24, 2.45) is 5.92 Å². The average molecular weight is 424 g/mol. The van der Waals surface area contributed by atoms with E-state index >= 15 is 0 Å². The number of pyridine rings is 2. The molecule has 2 aromatic rings. The van der Waals surface area contributed by atoms with Crippen LogP contribution in [0.3, 0.4) is 0 Å². The summed E-state index contributed by atoms with van der Waals surface area (Å²) in [5.74, 6) is -2.61. The van der Waals surface area contributed by atoms with Gasteiger partial charge in [0.05, 0.1) is 29.1 Å². The molecule has 0 spiro atoms. The molecule has 0 aromatic carbocycles. The van der Waals surface area contributed by atoms with Gasteiger partial charge in [0.1, 0.15) is 6.54 Å². The molecule has 2 N–H and O–H groups in total. The van der Waals surface area contributed by atoms with E-state index in [2.05, 4.69) is 10.3 Å². The van der Waals surface area contributed by atoms with E-state index in [-0.39, 0.29) is 0 Å². The number of alkyl halides is 3. The number of halogens is 3. The fourth-order valence-corrected chi connectivity index (χ4v) is 3.38. The van der Waals surface area contributed by atoms with Gasteiger partial charge in [0.2, 0.25) is 5.91 Å². The van der Waals surface area contributed by atoms with E-state index in [0.29, 0.717) is 36.6 Å². The van der Waals surface area contributed by atoms with E-state index in [1.807, 2.05) is 11.0 Å². The van der Waals surface area contributed by atoms with Gasteiger partial charge in [-0.3, -0.25) is 19.4 Å². The number of anilines is 2. The Morgan fingerprint density at radius 3 is 2.73 bits per heavy atom. The smallest absolute Gasteiger partial charge is 0.418 e. The maximum atomic E-state index is 13.4. The topological polar surface area (TPSA) is 105 Å². The molecule has 1 saturated heterocycles. The summed E-state index contributed by atoms with van der Waals surface area (Å²) < 4.78 is 40.7. The van der Waals surface area contributed by atoms with Gasteiger partial charge in [-0.25, -0.2) is 0 Å². The zero-order chi connectivity index (χ0) is 21.9. The van der Waals surface area contributed by atoms with Gasteiger partial charge in [0.15, 0.2) is 0 Å². The number of nitrogens with zero attached hydrogens (tertiary/aromatic N) is 3. The van der Waals surface area contributed by atoms with Crippen LogP contribution in [0.15, 0.2) is 41.6 Å². The number of amides is 1. The molecule has 3 heterocycles. The van der Waals surface area contributed by atoms with Crippen LogP contribution in [0.25, 0.3) is 0 Å². The number of carbonyl (C=O) groups is 2. The van der Waals surface area contributed by atoms with Crippen molar-refractivity contribution >= 4 is 23.3 Å². The van der Waals surface area contributed by atoms with Gasteiger partial charge in [-0.15, -0.1) is 0 Å². The standard InChI is InChI=1S/C19H19F3N4O4/c20-19(21,22)14-7-16(27)26(11-17(28)29)10-15(14)24-18(30)12-3-2-6-25(9-12)13-4-1-5-23-8-13/h1,4-5,7-8,10,12H,2-3,6,9,11H2,(H,24,30)(H,28,29)/t12-/m0/s1. The molecule has 11 heteroatoms. The minimum atomic E-state index is -4.89.